The Morgan fingerprint density at radius 3 is 2.79 bits per heavy atom. The number of nitrogens with two attached hydrogens (primary N) is 1. The fraction of sp³-hybridized carbons (Fsp3) is 0.0714. The molecule has 3 aromatic rings. The molecule has 3 nitrogen and oxygen atoms in total. The van der Waals surface area contributed by atoms with Crippen molar-refractivity contribution in [3.05, 3.63) is 53.1 Å². The number of nitrogens with zero attached hydrogens (tertiary/aromatic N) is 1. The van der Waals surface area contributed by atoms with Gasteiger partial charge in [-0.15, -0.1) is 0 Å². The van der Waals surface area contributed by atoms with Crippen LogP contribution in [0.15, 0.2) is 42.5 Å². The van der Waals surface area contributed by atoms with Gasteiger partial charge < -0.3 is 10.5 Å². The van der Waals surface area contributed by atoms with Crippen LogP contribution in [-0.2, 0) is 6.54 Å². The van der Waals surface area contributed by atoms with Crippen molar-refractivity contribution in [2.75, 3.05) is 0 Å². The zero-order valence-corrected chi connectivity index (χ0v) is 11.5. The van der Waals surface area contributed by atoms with Crippen LogP contribution in [0.2, 0.25) is 5.02 Å². The molecule has 0 aliphatic carbocycles. The first-order valence-corrected chi connectivity index (χ1v) is 6.98. The molecule has 1 aromatic heterocycles. The van der Waals surface area contributed by atoms with Gasteiger partial charge in [-0.2, -0.15) is 0 Å². The number of thiazole rings is 1. The largest absolute Gasteiger partial charge is 0.430 e. The van der Waals surface area contributed by atoms with E-state index >= 15 is 0 Å². The number of para-hydroxylation sites is 1. The third-order valence-electron chi connectivity index (χ3n) is 2.75. The van der Waals surface area contributed by atoms with Gasteiger partial charge in [-0.1, -0.05) is 41.1 Å². The zero-order chi connectivity index (χ0) is 13.2. The van der Waals surface area contributed by atoms with E-state index in [1.54, 1.807) is 6.07 Å². The third-order valence-corrected chi connectivity index (χ3v) is 4.02. The Labute approximate surface area is 119 Å². The van der Waals surface area contributed by atoms with Crippen molar-refractivity contribution in [2.24, 2.45) is 5.73 Å². The second-order valence-corrected chi connectivity index (χ2v) is 5.37. The highest BCUT2D eigenvalue weighted by atomic mass is 35.5. The molecule has 1 heterocycles. The van der Waals surface area contributed by atoms with Gasteiger partial charge in [0.25, 0.3) is 5.19 Å². The topological polar surface area (TPSA) is 48.1 Å². The zero-order valence-electron chi connectivity index (χ0n) is 9.97. The van der Waals surface area contributed by atoms with Crippen LogP contribution < -0.4 is 10.5 Å². The summed E-state index contributed by atoms with van der Waals surface area (Å²) in [6.45, 7) is 0.333. The lowest BCUT2D eigenvalue weighted by Crippen LogP contribution is -2.00. The number of ether oxygens (including phenoxy) is 1. The van der Waals surface area contributed by atoms with E-state index < -0.39 is 0 Å². The minimum Gasteiger partial charge on any atom is -0.430 e. The summed E-state index contributed by atoms with van der Waals surface area (Å²) in [6, 6.07) is 13.4. The summed E-state index contributed by atoms with van der Waals surface area (Å²) in [6.07, 6.45) is 0. The van der Waals surface area contributed by atoms with Crippen molar-refractivity contribution in [2.45, 2.75) is 6.54 Å². The fourth-order valence-electron chi connectivity index (χ4n) is 1.82. The Hall–Kier alpha value is -1.62. The first-order chi connectivity index (χ1) is 9.28. The highest BCUT2D eigenvalue weighted by Gasteiger charge is 2.10. The predicted molar refractivity (Wildman–Crippen MR) is 79.0 cm³/mol. The van der Waals surface area contributed by atoms with Gasteiger partial charge in [-0.25, -0.2) is 4.98 Å². The quantitative estimate of drug-likeness (QED) is 0.786. The molecule has 0 aliphatic heterocycles. The predicted octanol–water partition coefficient (Wildman–Crippen LogP) is 4.20. The second kappa shape index (κ2) is 5.17. The summed E-state index contributed by atoms with van der Waals surface area (Å²) in [5.41, 5.74) is 7.42. The lowest BCUT2D eigenvalue weighted by atomic mass is 10.2. The summed E-state index contributed by atoms with van der Waals surface area (Å²) < 4.78 is 6.90. The Bertz CT molecular complexity index is 693. The molecule has 5 heteroatoms. The summed E-state index contributed by atoms with van der Waals surface area (Å²) in [5.74, 6) is 0.661. The van der Waals surface area contributed by atoms with Crippen LogP contribution in [0.5, 0.6) is 10.9 Å². The Kier molecular flexibility index (Phi) is 3.38. The van der Waals surface area contributed by atoms with Crippen LogP contribution in [0.3, 0.4) is 0 Å². The molecule has 0 radical (unpaired) electrons. The van der Waals surface area contributed by atoms with Gasteiger partial charge in [0, 0.05) is 17.1 Å². The van der Waals surface area contributed by atoms with Crippen molar-refractivity contribution in [3.8, 4) is 10.9 Å². The van der Waals surface area contributed by atoms with E-state index in [0.29, 0.717) is 22.5 Å². The maximum atomic E-state index is 6.10. The summed E-state index contributed by atoms with van der Waals surface area (Å²) in [4.78, 5) is 4.43. The van der Waals surface area contributed by atoms with Crippen LogP contribution in [0.4, 0.5) is 0 Å². The van der Waals surface area contributed by atoms with E-state index in [0.717, 1.165) is 15.8 Å². The number of fused-ring (bicyclic) bond motifs is 1. The van der Waals surface area contributed by atoms with Crippen molar-refractivity contribution in [3.63, 3.8) is 0 Å². The number of rotatable bonds is 3. The van der Waals surface area contributed by atoms with E-state index in [2.05, 4.69) is 4.98 Å². The van der Waals surface area contributed by atoms with Crippen LogP contribution in [-0.4, -0.2) is 4.98 Å². The fourth-order valence-corrected chi connectivity index (χ4v) is 2.89. The van der Waals surface area contributed by atoms with Gasteiger partial charge >= 0.3 is 0 Å². The lowest BCUT2D eigenvalue weighted by Gasteiger charge is -2.08. The van der Waals surface area contributed by atoms with Crippen molar-refractivity contribution >= 4 is 33.2 Å². The maximum absolute atomic E-state index is 6.10. The maximum Gasteiger partial charge on any atom is 0.279 e. The Balaban J connectivity index is 1.99. The van der Waals surface area contributed by atoms with Gasteiger partial charge in [0.2, 0.25) is 0 Å². The Morgan fingerprint density at radius 1 is 1.16 bits per heavy atom. The van der Waals surface area contributed by atoms with Crippen molar-refractivity contribution in [1.29, 1.82) is 0 Å². The van der Waals surface area contributed by atoms with Crippen LogP contribution >= 0.6 is 22.9 Å². The molecule has 0 spiro atoms. The molecule has 2 N–H and O–H groups in total. The highest BCUT2D eigenvalue weighted by molar-refractivity contribution is 7.20. The minimum atomic E-state index is 0.333. The SMILES string of the molecule is NCc1c(Cl)cccc1Oc1nc2ccccc2s1. The number of aromatic nitrogens is 1. The molecule has 0 atom stereocenters. The third kappa shape index (κ3) is 2.42. The van der Waals surface area contributed by atoms with Crippen LogP contribution in [0.1, 0.15) is 5.56 Å². The summed E-state index contributed by atoms with van der Waals surface area (Å²) in [7, 11) is 0. The average molecular weight is 291 g/mol. The first kappa shape index (κ1) is 12.4. The molecule has 0 amide bonds. The molecule has 19 heavy (non-hydrogen) atoms. The van der Waals surface area contributed by atoms with Gasteiger partial charge in [0.1, 0.15) is 5.75 Å². The normalized spacial score (nSPS) is 10.8. The molecular weight excluding hydrogens is 280 g/mol. The van der Waals surface area contributed by atoms with Gasteiger partial charge in [0.15, 0.2) is 0 Å². The van der Waals surface area contributed by atoms with Gasteiger partial charge in [0.05, 0.1) is 10.2 Å². The van der Waals surface area contributed by atoms with E-state index in [4.69, 9.17) is 22.1 Å². The molecule has 0 fully saturated rings. The lowest BCUT2D eigenvalue weighted by molar-refractivity contribution is 0.474. The van der Waals surface area contributed by atoms with Crippen LogP contribution in [0.25, 0.3) is 10.2 Å². The number of hydrogen-bond donors (Lipinski definition) is 1. The highest BCUT2D eigenvalue weighted by Crippen LogP contribution is 2.34. The van der Waals surface area contributed by atoms with Crippen LogP contribution in [0, 0.1) is 0 Å². The molecule has 0 aliphatic rings. The van der Waals surface area contributed by atoms with E-state index in [-0.39, 0.29) is 0 Å². The smallest absolute Gasteiger partial charge is 0.279 e. The van der Waals surface area contributed by atoms with E-state index in [1.807, 2.05) is 36.4 Å². The van der Waals surface area contributed by atoms with E-state index in [9.17, 15) is 0 Å². The summed E-state index contributed by atoms with van der Waals surface area (Å²) >= 11 is 7.60. The molecule has 0 saturated carbocycles. The summed E-state index contributed by atoms with van der Waals surface area (Å²) in [5, 5.41) is 1.21. The number of hydrogen-bond acceptors (Lipinski definition) is 4. The first-order valence-electron chi connectivity index (χ1n) is 5.79. The monoisotopic (exact) mass is 290 g/mol. The molecule has 96 valence electrons. The van der Waals surface area contributed by atoms with Crippen molar-refractivity contribution < 1.29 is 4.74 Å². The van der Waals surface area contributed by atoms with E-state index in [1.165, 1.54) is 11.3 Å². The molecule has 2 aromatic carbocycles. The molecule has 0 unspecified atom stereocenters. The van der Waals surface area contributed by atoms with Crippen molar-refractivity contribution in [1.82, 2.24) is 4.98 Å². The minimum absolute atomic E-state index is 0.333. The van der Waals surface area contributed by atoms with Gasteiger partial charge in [-0.05, 0) is 24.3 Å². The average Bonchev–Trinajstić information content (AvgIpc) is 2.81. The Morgan fingerprint density at radius 2 is 2.00 bits per heavy atom. The molecule has 3 rings (SSSR count). The number of benzene rings is 2. The molecular formula is C14H11ClN2OS. The molecule has 0 bridgehead atoms. The van der Waals surface area contributed by atoms with Gasteiger partial charge in [-0.3, -0.25) is 0 Å². The molecule has 0 saturated heterocycles. The standard InChI is InChI=1S/C14H11ClN2OS/c15-10-4-3-6-12(9(10)8-16)18-14-17-11-5-1-2-7-13(11)19-14/h1-7H,8,16H2. The number of halogens is 1. The second-order valence-electron chi connectivity index (χ2n) is 3.97.